The van der Waals surface area contributed by atoms with Crippen molar-refractivity contribution in [1.82, 2.24) is 19.9 Å². The number of nitrogens with one attached hydrogen (secondary N) is 1. The fourth-order valence-corrected chi connectivity index (χ4v) is 3.90. The lowest BCUT2D eigenvalue weighted by molar-refractivity contribution is -0.131. The first-order valence-electron chi connectivity index (χ1n) is 8.79. The molecular weight excluding hydrogens is 350 g/mol. The molecule has 3 heterocycles. The number of amides is 1. The van der Waals surface area contributed by atoms with E-state index in [-0.39, 0.29) is 11.8 Å². The van der Waals surface area contributed by atoms with Gasteiger partial charge in [-0.15, -0.1) is 11.3 Å². The van der Waals surface area contributed by atoms with E-state index in [1.54, 1.807) is 18.4 Å². The molecule has 1 saturated heterocycles. The monoisotopic (exact) mass is 375 g/mol. The molecular formula is C18H25N5O2S. The number of hydrogen-bond donors (Lipinski definition) is 1. The minimum Gasteiger partial charge on any atom is -0.384 e. The first kappa shape index (κ1) is 18.7. The number of anilines is 2. The van der Waals surface area contributed by atoms with Crippen molar-refractivity contribution in [2.45, 2.75) is 39.5 Å². The van der Waals surface area contributed by atoms with Gasteiger partial charge in [0.05, 0.1) is 24.4 Å². The second-order valence-corrected chi connectivity index (χ2v) is 7.78. The van der Waals surface area contributed by atoms with Gasteiger partial charge in [0.2, 0.25) is 5.91 Å². The summed E-state index contributed by atoms with van der Waals surface area (Å²) in [5.74, 6) is 1.86. The molecule has 0 aromatic carbocycles. The summed E-state index contributed by atoms with van der Waals surface area (Å²) in [6.45, 7) is 7.89. The van der Waals surface area contributed by atoms with Gasteiger partial charge in [0, 0.05) is 37.1 Å². The Morgan fingerprint density at radius 2 is 2.15 bits per heavy atom. The topological polar surface area (TPSA) is 80.2 Å². The Morgan fingerprint density at radius 3 is 2.85 bits per heavy atom. The molecule has 1 aliphatic heterocycles. The highest BCUT2D eigenvalue weighted by molar-refractivity contribution is 7.15. The van der Waals surface area contributed by atoms with Crippen LogP contribution in [0.4, 0.5) is 10.9 Å². The summed E-state index contributed by atoms with van der Waals surface area (Å²) in [5, 5.41) is 4.13. The van der Waals surface area contributed by atoms with E-state index in [1.165, 1.54) is 4.88 Å². The zero-order chi connectivity index (χ0) is 18.7. The molecule has 0 saturated carbocycles. The van der Waals surface area contributed by atoms with Gasteiger partial charge in [-0.1, -0.05) is 0 Å². The number of ether oxygens (including phenoxy) is 1. The number of rotatable bonds is 6. The van der Waals surface area contributed by atoms with Crippen molar-refractivity contribution in [3.63, 3.8) is 0 Å². The number of thiazole rings is 1. The van der Waals surface area contributed by atoms with Gasteiger partial charge in [-0.25, -0.2) is 15.0 Å². The van der Waals surface area contributed by atoms with Crippen molar-refractivity contribution in [2.24, 2.45) is 0 Å². The summed E-state index contributed by atoms with van der Waals surface area (Å²) in [7, 11) is 1.61. The lowest BCUT2D eigenvalue weighted by Crippen LogP contribution is -2.29. The highest BCUT2D eigenvalue weighted by atomic mass is 32.1. The summed E-state index contributed by atoms with van der Waals surface area (Å²) < 4.78 is 5.00. The molecule has 1 atom stereocenters. The third-order valence-corrected chi connectivity index (χ3v) is 5.59. The summed E-state index contributed by atoms with van der Waals surface area (Å²) in [6, 6.07) is 1.98. The molecule has 140 valence electrons. The number of aryl methyl sites for hydroxylation is 3. The third-order valence-electron chi connectivity index (χ3n) is 4.60. The maximum atomic E-state index is 12.2. The summed E-state index contributed by atoms with van der Waals surface area (Å²) in [6.07, 6.45) is 1.35. The number of carbonyl (C=O) groups excluding carboxylic acids is 1. The zero-order valence-electron chi connectivity index (χ0n) is 15.7. The van der Waals surface area contributed by atoms with Crippen molar-refractivity contribution in [2.75, 3.05) is 32.1 Å². The molecule has 8 heteroatoms. The maximum absolute atomic E-state index is 12.2. The van der Waals surface area contributed by atoms with Crippen LogP contribution in [-0.4, -0.2) is 52.6 Å². The Labute approximate surface area is 157 Å². The van der Waals surface area contributed by atoms with E-state index in [1.807, 2.05) is 24.8 Å². The van der Waals surface area contributed by atoms with Gasteiger partial charge in [0.25, 0.3) is 0 Å². The highest BCUT2D eigenvalue weighted by Crippen LogP contribution is 2.29. The number of methoxy groups -OCH3 is 1. The summed E-state index contributed by atoms with van der Waals surface area (Å²) in [5.41, 5.74) is 2.01. The van der Waals surface area contributed by atoms with Gasteiger partial charge in [0.1, 0.15) is 11.6 Å². The fraction of sp³-hybridized carbons (Fsp3) is 0.556. The maximum Gasteiger partial charge on any atom is 0.224 e. The molecule has 1 fully saturated rings. The Hall–Kier alpha value is -2.06. The van der Waals surface area contributed by atoms with Crippen LogP contribution in [0.25, 0.3) is 0 Å². The predicted molar refractivity (Wildman–Crippen MR) is 102 cm³/mol. The number of nitrogens with zero attached hydrogens (tertiary/aromatic N) is 4. The van der Waals surface area contributed by atoms with Crippen LogP contribution in [0, 0.1) is 20.8 Å². The van der Waals surface area contributed by atoms with E-state index in [9.17, 15) is 4.79 Å². The SMILES string of the molecule is COCCC(=O)N1CC[C@@H](c2cc(Nc3nc(C)c(C)s3)nc(C)n2)C1. The molecule has 7 nitrogen and oxygen atoms in total. The van der Waals surface area contributed by atoms with E-state index in [4.69, 9.17) is 4.74 Å². The summed E-state index contributed by atoms with van der Waals surface area (Å²) >= 11 is 1.62. The van der Waals surface area contributed by atoms with Crippen LogP contribution < -0.4 is 5.32 Å². The first-order valence-corrected chi connectivity index (χ1v) is 9.61. The molecule has 26 heavy (non-hydrogen) atoms. The molecule has 0 spiro atoms. The zero-order valence-corrected chi connectivity index (χ0v) is 16.5. The smallest absolute Gasteiger partial charge is 0.224 e. The molecule has 1 N–H and O–H groups in total. The Kier molecular flexibility index (Phi) is 5.83. The van der Waals surface area contributed by atoms with E-state index < -0.39 is 0 Å². The second-order valence-electron chi connectivity index (χ2n) is 6.58. The van der Waals surface area contributed by atoms with Gasteiger partial charge in [-0.3, -0.25) is 4.79 Å². The van der Waals surface area contributed by atoms with Crippen molar-refractivity contribution in [3.05, 3.63) is 28.2 Å². The molecule has 2 aromatic rings. The molecule has 0 bridgehead atoms. The average molecular weight is 375 g/mol. The number of hydrogen-bond acceptors (Lipinski definition) is 7. The van der Waals surface area contributed by atoms with E-state index in [2.05, 4.69) is 27.2 Å². The van der Waals surface area contributed by atoms with Crippen LogP contribution >= 0.6 is 11.3 Å². The highest BCUT2D eigenvalue weighted by Gasteiger charge is 2.28. The van der Waals surface area contributed by atoms with E-state index in [0.29, 0.717) is 19.6 Å². The molecule has 1 amide bonds. The van der Waals surface area contributed by atoms with Crippen molar-refractivity contribution < 1.29 is 9.53 Å². The van der Waals surface area contributed by atoms with Gasteiger partial charge in [0.15, 0.2) is 5.13 Å². The average Bonchev–Trinajstić information content (AvgIpc) is 3.19. The molecule has 1 aliphatic rings. The van der Waals surface area contributed by atoms with Gasteiger partial charge < -0.3 is 15.0 Å². The number of aromatic nitrogens is 3. The second kappa shape index (κ2) is 8.09. The number of carbonyl (C=O) groups is 1. The van der Waals surface area contributed by atoms with Crippen molar-refractivity contribution in [3.8, 4) is 0 Å². The Bertz CT molecular complexity index is 772. The van der Waals surface area contributed by atoms with Gasteiger partial charge in [-0.2, -0.15) is 0 Å². The van der Waals surface area contributed by atoms with Crippen LogP contribution in [0.5, 0.6) is 0 Å². The van der Waals surface area contributed by atoms with Crippen LogP contribution in [0.1, 0.15) is 40.8 Å². The van der Waals surface area contributed by atoms with Crippen LogP contribution in [0.15, 0.2) is 6.07 Å². The Balaban J connectivity index is 1.71. The largest absolute Gasteiger partial charge is 0.384 e. The van der Waals surface area contributed by atoms with E-state index in [0.717, 1.165) is 41.1 Å². The predicted octanol–water partition coefficient (Wildman–Crippen LogP) is 2.95. The first-order chi connectivity index (χ1) is 12.5. The van der Waals surface area contributed by atoms with Gasteiger partial charge >= 0.3 is 0 Å². The third kappa shape index (κ3) is 4.37. The molecule has 0 aliphatic carbocycles. The lowest BCUT2D eigenvalue weighted by atomic mass is 10.0. The van der Waals surface area contributed by atoms with Crippen LogP contribution in [-0.2, 0) is 9.53 Å². The minimum atomic E-state index is 0.146. The normalized spacial score (nSPS) is 16.9. The van der Waals surface area contributed by atoms with Crippen molar-refractivity contribution in [1.29, 1.82) is 0 Å². The summed E-state index contributed by atoms with van der Waals surface area (Å²) in [4.78, 5) is 28.9. The molecule has 0 radical (unpaired) electrons. The van der Waals surface area contributed by atoms with E-state index >= 15 is 0 Å². The Morgan fingerprint density at radius 1 is 1.35 bits per heavy atom. The van der Waals surface area contributed by atoms with Gasteiger partial charge in [-0.05, 0) is 27.2 Å². The number of likely N-dealkylation sites (tertiary alicyclic amines) is 1. The van der Waals surface area contributed by atoms with Crippen LogP contribution in [0.2, 0.25) is 0 Å². The minimum absolute atomic E-state index is 0.146. The fourth-order valence-electron chi connectivity index (χ4n) is 3.08. The molecule has 2 aromatic heterocycles. The molecule has 3 rings (SSSR count). The quantitative estimate of drug-likeness (QED) is 0.836. The standard InChI is InChI=1S/C18H25N5O2S/c1-11-12(2)26-18(19-11)22-16-9-15(20-13(3)21-16)14-5-7-23(10-14)17(24)6-8-25-4/h9,14H,5-8,10H2,1-4H3,(H,19,20,21,22)/t14-/m1/s1. The lowest BCUT2D eigenvalue weighted by Gasteiger charge is -2.16. The molecule has 0 unspecified atom stereocenters. The van der Waals surface area contributed by atoms with Crippen molar-refractivity contribution >= 4 is 28.2 Å². The van der Waals surface area contributed by atoms with Crippen LogP contribution in [0.3, 0.4) is 0 Å².